The van der Waals surface area contributed by atoms with E-state index in [1.54, 1.807) is 0 Å². The molecule has 0 heterocycles. The van der Waals surface area contributed by atoms with Crippen molar-refractivity contribution in [3.8, 4) is 11.5 Å². The van der Waals surface area contributed by atoms with Gasteiger partial charge in [-0.3, -0.25) is 9.59 Å². The highest BCUT2D eigenvalue weighted by Gasteiger charge is 2.08. The van der Waals surface area contributed by atoms with Crippen molar-refractivity contribution in [2.45, 2.75) is 6.42 Å². The van der Waals surface area contributed by atoms with Gasteiger partial charge in [-0.05, 0) is 18.2 Å². The fourth-order valence-electron chi connectivity index (χ4n) is 1.18. The molecule has 0 saturated heterocycles. The van der Waals surface area contributed by atoms with E-state index in [1.807, 2.05) is 0 Å². The molecule has 0 aliphatic heterocycles. The molecule has 4 N–H and O–H groups in total. The van der Waals surface area contributed by atoms with Crippen LogP contribution in [0.25, 0.3) is 0 Å². The monoisotopic (exact) mass is 238 g/mol. The van der Waals surface area contributed by atoms with Gasteiger partial charge in [0.05, 0.1) is 0 Å². The Hall–Kier alpha value is -2.24. The van der Waals surface area contributed by atoms with Crippen LogP contribution < -0.4 is 10.6 Å². The number of rotatable bonds is 4. The summed E-state index contributed by atoms with van der Waals surface area (Å²) in [6.45, 7) is 0.208. The first-order valence-electron chi connectivity index (χ1n) is 5.05. The Balaban J connectivity index is 2.52. The second-order valence-corrected chi connectivity index (χ2v) is 3.38. The van der Waals surface area contributed by atoms with Crippen molar-refractivity contribution in [1.29, 1.82) is 0 Å². The minimum absolute atomic E-state index is 0.168. The van der Waals surface area contributed by atoms with Crippen LogP contribution in [0.2, 0.25) is 0 Å². The lowest BCUT2D eigenvalue weighted by Gasteiger charge is -2.05. The molecule has 17 heavy (non-hydrogen) atoms. The average Bonchev–Trinajstić information content (AvgIpc) is 2.32. The maximum absolute atomic E-state index is 11.5. The van der Waals surface area contributed by atoms with Crippen molar-refractivity contribution >= 4 is 11.8 Å². The molecule has 6 heteroatoms. The number of phenolic OH excluding ortho intramolecular Hbond substituents is 2. The third-order valence-corrected chi connectivity index (χ3v) is 2.15. The molecule has 1 aromatic carbocycles. The maximum atomic E-state index is 11.5. The normalized spacial score (nSPS) is 9.71. The van der Waals surface area contributed by atoms with Gasteiger partial charge >= 0.3 is 0 Å². The van der Waals surface area contributed by atoms with E-state index >= 15 is 0 Å². The number of hydrogen-bond donors (Lipinski definition) is 4. The van der Waals surface area contributed by atoms with Crippen LogP contribution in [-0.4, -0.2) is 35.6 Å². The van der Waals surface area contributed by atoms with Crippen molar-refractivity contribution in [2.24, 2.45) is 0 Å². The van der Waals surface area contributed by atoms with Crippen LogP contribution in [0.4, 0.5) is 0 Å². The zero-order chi connectivity index (χ0) is 12.8. The molecular weight excluding hydrogens is 224 g/mol. The van der Waals surface area contributed by atoms with Crippen LogP contribution in [0.15, 0.2) is 18.2 Å². The van der Waals surface area contributed by atoms with Gasteiger partial charge in [0.2, 0.25) is 5.91 Å². The summed E-state index contributed by atoms with van der Waals surface area (Å²) in [6, 6.07) is 3.76. The molecule has 0 spiro atoms. The number of carbonyl (C=O) groups excluding carboxylic acids is 2. The number of phenols is 2. The highest BCUT2D eigenvalue weighted by Crippen LogP contribution is 2.24. The summed E-state index contributed by atoms with van der Waals surface area (Å²) in [7, 11) is 1.52. The predicted octanol–water partition coefficient (Wildman–Crippen LogP) is -0.0363. The summed E-state index contributed by atoms with van der Waals surface area (Å²) < 4.78 is 0. The maximum Gasteiger partial charge on any atom is 0.251 e. The Kier molecular flexibility index (Phi) is 4.33. The van der Waals surface area contributed by atoms with E-state index in [9.17, 15) is 14.7 Å². The molecule has 6 nitrogen and oxygen atoms in total. The topological polar surface area (TPSA) is 98.7 Å². The number of hydrogen-bond acceptors (Lipinski definition) is 4. The van der Waals surface area contributed by atoms with E-state index in [-0.39, 0.29) is 35.9 Å². The van der Waals surface area contributed by atoms with Gasteiger partial charge in [-0.2, -0.15) is 0 Å². The molecule has 0 bridgehead atoms. The lowest BCUT2D eigenvalue weighted by Crippen LogP contribution is -2.29. The Morgan fingerprint density at radius 2 is 1.94 bits per heavy atom. The van der Waals surface area contributed by atoms with Gasteiger partial charge in [0.15, 0.2) is 11.5 Å². The molecule has 0 aliphatic rings. The first-order chi connectivity index (χ1) is 8.04. The smallest absolute Gasteiger partial charge is 0.251 e. The second kappa shape index (κ2) is 5.74. The van der Waals surface area contributed by atoms with Gasteiger partial charge in [-0.15, -0.1) is 0 Å². The SMILES string of the molecule is CNC(=O)CCNC(=O)c1ccc(O)c(O)c1. The van der Waals surface area contributed by atoms with Crippen LogP contribution in [0.5, 0.6) is 11.5 Å². The van der Waals surface area contributed by atoms with E-state index in [0.29, 0.717) is 0 Å². The molecular formula is C11H14N2O4. The van der Waals surface area contributed by atoms with Crippen LogP contribution >= 0.6 is 0 Å². The minimum Gasteiger partial charge on any atom is -0.504 e. The summed E-state index contributed by atoms with van der Waals surface area (Å²) in [6.07, 6.45) is 0.187. The molecule has 0 aromatic heterocycles. The van der Waals surface area contributed by atoms with E-state index in [1.165, 1.54) is 19.2 Å². The highest BCUT2D eigenvalue weighted by atomic mass is 16.3. The Labute approximate surface area is 98.3 Å². The average molecular weight is 238 g/mol. The van der Waals surface area contributed by atoms with Gasteiger partial charge < -0.3 is 20.8 Å². The number of benzene rings is 1. The summed E-state index contributed by atoms with van der Waals surface area (Å²) in [5.74, 6) is -1.22. The zero-order valence-corrected chi connectivity index (χ0v) is 9.36. The van der Waals surface area contributed by atoms with Gasteiger partial charge in [0.25, 0.3) is 5.91 Å². The Morgan fingerprint density at radius 3 is 2.53 bits per heavy atom. The summed E-state index contributed by atoms with van der Waals surface area (Å²) in [5, 5.41) is 23.2. The van der Waals surface area contributed by atoms with E-state index in [4.69, 9.17) is 5.11 Å². The lowest BCUT2D eigenvalue weighted by molar-refractivity contribution is -0.120. The minimum atomic E-state index is -0.413. The third kappa shape index (κ3) is 3.67. The predicted molar refractivity (Wildman–Crippen MR) is 60.8 cm³/mol. The Morgan fingerprint density at radius 1 is 1.24 bits per heavy atom. The molecule has 0 radical (unpaired) electrons. The molecule has 0 atom stereocenters. The van der Waals surface area contributed by atoms with Crippen LogP contribution in [0.3, 0.4) is 0 Å². The molecule has 0 saturated carbocycles. The van der Waals surface area contributed by atoms with Gasteiger partial charge in [-0.1, -0.05) is 0 Å². The quantitative estimate of drug-likeness (QED) is 0.553. The molecule has 1 aromatic rings. The standard InChI is InChI=1S/C11H14N2O4/c1-12-10(16)4-5-13-11(17)7-2-3-8(14)9(15)6-7/h2-3,6,14-15H,4-5H2,1H3,(H,12,16)(H,13,17). The number of carbonyl (C=O) groups is 2. The van der Waals surface area contributed by atoms with E-state index in [2.05, 4.69) is 10.6 Å². The lowest BCUT2D eigenvalue weighted by atomic mass is 10.2. The van der Waals surface area contributed by atoms with E-state index in [0.717, 1.165) is 6.07 Å². The van der Waals surface area contributed by atoms with Gasteiger partial charge in [-0.25, -0.2) is 0 Å². The molecule has 2 amide bonds. The first kappa shape index (κ1) is 12.8. The third-order valence-electron chi connectivity index (χ3n) is 2.15. The van der Waals surface area contributed by atoms with E-state index < -0.39 is 5.91 Å². The van der Waals surface area contributed by atoms with Crippen molar-refractivity contribution in [1.82, 2.24) is 10.6 Å². The van der Waals surface area contributed by atoms with Crippen LogP contribution in [0.1, 0.15) is 16.8 Å². The summed E-state index contributed by atoms with van der Waals surface area (Å²) in [4.78, 5) is 22.4. The highest BCUT2D eigenvalue weighted by molar-refractivity contribution is 5.95. The zero-order valence-electron chi connectivity index (χ0n) is 9.36. The van der Waals surface area contributed by atoms with Gasteiger partial charge in [0, 0.05) is 25.6 Å². The van der Waals surface area contributed by atoms with Crippen molar-refractivity contribution in [2.75, 3.05) is 13.6 Å². The van der Waals surface area contributed by atoms with Crippen molar-refractivity contribution < 1.29 is 19.8 Å². The largest absolute Gasteiger partial charge is 0.504 e. The molecule has 1 rings (SSSR count). The van der Waals surface area contributed by atoms with Crippen LogP contribution in [-0.2, 0) is 4.79 Å². The fraction of sp³-hybridized carbons (Fsp3) is 0.273. The fourth-order valence-corrected chi connectivity index (χ4v) is 1.18. The second-order valence-electron chi connectivity index (χ2n) is 3.38. The molecule has 0 unspecified atom stereocenters. The number of amides is 2. The van der Waals surface area contributed by atoms with Crippen molar-refractivity contribution in [3.63, 3.8) is 0 Å². The number of aromatic hydroxyl groups is 2. The Bertz CT molecular complexity index is 431. The molecule has 92 valence electrons. The molecule has 0 fully saturated rings. The summed E-state index contributed by atoms with van der Waals surface area (Å²) in [5.41, 5.74) is 0.220. The first-order valence-corrected chi connectivity index (χ1v) is 5.05. The summed E-state index contributed by atoms with van der Waals surface area (Å²) >= 11 is 0. The van der Waals surface area contributed by atoms with Crippen LogP contribution in [0, 0.1) is 0 Å². The van der Waals surface area contributed by atoms with Crippen molar-refractivity contribution in [3.05, 3.63) is 23.8 Å². The number of nitrogens with one attached hydrogen (secondary N) is 2. The molecule has 0 aliphatic carbocycles. The van der Waals surface area contributed by atoms with Gasteiger partial charge in [0.1, 0.15) is 0 Å².